The molecule has 1 fully saturated rings. The summed E-state index contributed by atoms with van der Waals surface area (Å²) in [7, 11) is 1.45. The summed E-state index contributed by atoms with van der Waals surface area (Å²) in [4.78, 5) is 13.3. The molecule has 1 aliphatic rings. The van der Waals surface area contributed by atoms with Crippen molar-refractivity contribution in [1.29, 1.82) is 0 Å². The van der Waals surface area contributed by atoms with Crippen molar-refractivity contribution in [3.05, 3.63) is 86.1 Å². The Hall–Kier alpha value is -4.04. The van der Waals surface area contributed by atoms with E-state index in [1.54, 1.807) is 41.1 Å². The Morgan fingerprint density at radius 3 is 2.75 bits per heavy atom. The number of para-hydroxylation sites is 1. The fourth-order valence-corrected chi connectivity index (χ4v) is 4.50. The lowest BCUT2D eigenvalue weighted by Crippen LogP contribution is -2.37. The molecular weight excluding hydrogens is 560 g/mol. The third-order valence-electron chi connectivity index (χ3n) is 6.11. The van der Waals surface area contributed by atoms with Gasteiger partial charge in [-0.2, -0.15) is 9.78 Å². The number of furan rings is 1. The van der Waals surface area contributed by atoms with Gasteiger partial charge in [-0.1, -0.05) is 23.7 Å². The summed E-state index contributed by atoms with van der Waals surface area (Å²) < 4.78 is 25.9. The van der Waals surface area contributed by atoms with Crippen molar-refractivity contribution in [3.63, 3.8) is 0 Å². The molecule has 1 aliphatic heterocycles. The lowest BCUT2D eigenvalue weighted by atomic mass is 10.1. The van der Waals surface area contributed by atoms with Gasteiger partial charge in [-0.05, 0) is 48.6 Å². The van der Waals surface area contributed by atoms with Crippen molar-refractivity contribution in [2.24, 2.45) is 5.10 Å². The van der Waals surface area contributed by atoms with Crippen molar-refractivity contribution in [2.45, 2.75) is 13.3 Å². The van der Waals surface area contributed by atoms with Gasteiger partial charge in [0.2, 0.25) is 4.77 Å². The van der Waals surface area contributed by atoms with Crippen molar-refractivity contribution in [2.75, 3.05) is 33.4 Å². The molecule has 0 saturated carbocycles. The predicted octanol–water partition coefficient (Wildman–Crippen LogP) is 5.00. The van der Waals surface area contributed by atoms with E-state index in [4.69, 9.17) is 42.4 Å². The van der Waals surface area contributed by atoms with E-state index in [1.807, 2.05) is 12.1 Å². The maximum absolute atomic E-state index is 11.6. The van der Waals surface area contributed by atoms with Gasteiger partial charge in [0.05, 0.1) is 54.8 Å². The van der Waals surface area contributed by atoms with Crippen LogP contribution in [0.25, 0.3) is 11.3 Å². The molecule has 40 heavy (non-hydrogen) atoms. The number of hydrogen-bond acceptors (Lipinski definition) is 10. The average Bonchev–Trinajstić information content (AvgIpc) is 3.55. The van der Waals surface area contributed by atoms with E-state index in [1.165, 1.54) is 24.1 Å². The number of methoxy groups -OCH3 is 1. The molecule has 14 heteroatoms. The monoisotopic (exact) mass is 584 g/mol. The van der Waals surface area contributed by atoms with Crippen molar-refractivity contribution in [1.82, 2.24) is 19.4 Å². The van der Waals surface area contributed by atoms with Gasteiger partial charge in [-0.3, -0.25) is 15.0 Å². The second-order valence-electron chi connectivity index (χ2n) is 8.69. The lowest BCUT2D eigenvalue weighted by Gasteiger charge is -2.25. The number of nitro benzene ring substituents is 1. The maximum Gasteiger partial charge on any atom is 0.284 e. The minimum absolute atomic E-state index is 0.0578. The first-order chi connectivity index (χ1) is 19.4. The van der Waals surface area contributed by atoms with E-state index in [0.29, 0.717) is 64.1 Å². The number of nitro groups is 1. The van der Waals surface area contributed by atoms with E-state index in [9.17, 15) is 10.1 Å². The van der Waals surface area contributed by atoms with E-state index < -0.39 is 4.92 Å². The van der Waals surface area contributed by atoms with Crippen molar-refractivity contribution >= 4 is 35.7 Å². The molecule has 2 aromatic carbocycles. The summed E-state index contributed by atoms with van der Waals surface area (Å²) in [6.07, 6.45) is 1.47. The molecule has 208 valence electrons. The van der Waals surface area contributed by atoms with Crippen LogP contribution in [0.4, 0.5) is 5.69 Å². The van der Waals surface area contributed by atoms with Gasteiger partial charge >= 0.3 is 0 Å². The maximum atomic E-state index is 11.6. The molecule has 0 atom stereocenters. The molecule has 4 aromatic rings. The van der Waals surface area contributed by atoms with Gasteiger partial charge < -0.3 is 18.6 Å². The summed E-state index contributed by atoms with van der Waals surface area (Å²) in [5.74, 6) is 2.00. The van der Waals surface area contributed by atoms with Crippen LogP contribution in [0.3, 0.4) is 0 Å². The molecule has 0 unspecified atom stereocenters. The van der Waals surface area contributed by atoms with Crippen molar-refractivity contribution < 1.29 is 23.6 Å². The van der Waals surface area contributed by atoms with Crippen LogP contribution in [-0.2, 0) is 18.0 Å². The summed E-state index contributed by atoms with van der Waals surface area (Å²) in [5.41, 5.74) is 0.178. The number of morpholine rings is 1. The predicted molar refractivity (Wildman–Crippen MR) is 150 cm³/mol. The highest BCUT2D eigenvalue weighted by atomic mass is 35.5. The summed E-state index contributed by atoms with van der Waals surface area (Å²) >= 11 is 11.9. The Morgan fingerprint density at radius 1 is 1.20 bits per heavy atom. The molecule has 0 amide bonds. The summed E-state index contributed by atoms with van der Waals surface area (Å²) in [5, 5.41) is 21.3. The van der Waals surface area contributed by atoms with Crippen LogP contribution < -0.4 is 9.47 Å². The van der Waals surface area contributed by atoms with Gasteiger partial charge in [0.15, 0.2) is 5.82 Å². The minimum atomic E-state index is -0.485. The standard InChI is InChI=1S/C26H25ClN6O6S/c1-36-18-6-8-20(22(14-18)33(34)35)23-9-7-19(39-23)15-28-32-25(16-38-24-5-3-2-4-21(24)27)29-31(26(32)40)17-30-10-12-37-13-11-30/h2-9,14-15H,10-13,16-17H2,1H3/b28-15+. The smallest absolute Gasteiger partial charge is 0.284 e. The van der Waals surface area contributed by atoms with Gasteiger partial charge in [-0.25, -0.2) is 4.68 Å². The molecule has 0 bridgehead atoms. The first-order valence-corrected chi connectivity index (χ1v) is 13.0. The van der Waals surface area contributed by atoms with Crippen molar-refractivity contribution in [3.8, 4) is 22.8 Å². The van der Waals surface area contributed by atoms with Gasteiger partial charge in [0.1, 0.15) is 29.6 Å². The Bertz CT molecular complexity index is 1590. The van der Waals surface area contributed by atoms with Crippen LogP contribution in [-0.4, -0.2) is 63.9 Å². The SMILES string of the molecule is COc1ccc(-c2ccc(/C=N/n3c(COc4ccccc4Cl)nn(CN4CCOCC4)c3=S)o2)c([N+](=O)[O-])c1. The first-order valence-electron chi connectivity index (χ1n) is 12.3. The number of rotatable bonds is 10. The van der Waals surface area contributed by atoms with Crippen LogP contribution in [0.5, 0.6) is 11.5 Å². The van der Waals surface area contributed by atoms with E-state index in [2.05, 4.69) is 15.1 Å². The molecule has 0 N–H and O–H groups in total. The highest BCUT2D eigenvalue weighted by molar-refractivity contribution is 7.71. The highest BCUT2D eigenvalue weighted by Crippen LogP contribution is 2.34. The van der Waals surface area contributed by atoms with E-state index in [-0.39, 0.29) is 12.3 Å². The fraction of sp³-hybridized carbons (Fsp3) is 0.269. The molecular formula is C26H25ClN6O6S. The largest absolute Gasteiger partial charge is 0.497 e. The highest BCUT2D eigenvalue weighted by Gasteiger charge is 2.20. The van der Waals surface area contributed by atoms with Crippen LogP contribution in [0, 0.1) is 14.9 Å². The molecule has 0 spiro atoms. The fourth-order valence-electron chi connectivity index (χ4n) is 4.06. The van der Waals surface area contributed by atoms with E-state index in [0.717, 1.165) is 13.1 Å². The molecule has 1 saturated heterocycles. The molecule has 5 rings (SSSR count). The van der Waals surface area contributed by atoms with Gasteiger partial charge in [0, 0.05) is 13.1 Å². The number of aromatic nitrogens is 3. The Kier molecular flexibility index (Phi) is 8.55. The summed E-state index contributed by atoms with van der Waals surface area (Å²) in [6, 6.07) is 15.0. The zero-order chi connectivity index (χ0) is 28.1. The Morgan fingerprint density at radius 2 is 2.00 bits per heavy atom. The third-order valence-corrected chi connectivity index (χ3v) is 6.80. The second-order valence-corrected chi connectivity index (χ2v) is 9.46. The zero-order valence-electron chi connectivity index (χ0n) is 21.4. The van der Waals surface area contributed by atoms with Gasteiger partial charge in [0.25, 0.3) is 5.69 Å². The molecule has 12 nitrogen and oxygen atoms in total. The number of ether oxygens (including phenoxy) is 3. The normalized spacial score (nSPS) is 14.1. The number of hydrogen-bond donors (Lipinski definition) is 0. The quantitative estimate of drug-likeness (QED) is 0.110. The first kappa shape index (κ1) is 27.5. The number of nitrogens with zero attached hydrogens (tertiary/aromatic N) is 6. The number of halogens is 1. The zero-order valence-corrected chi connectivity index (χ0v) is 23.0. The number of benzene rings is 2. The second kappa shape index (κ2) is 12.4. The molecule has 2 aromatic heterocycles. The topological polar surface area (TPSA) is 122 Å². The molecule has 0 radical (unpaired) electrons. The van der Waals surface area contributed by atoms with Crippen LogP contribution in [0.1, 0.15) is 11.6 Å². The van der Waals surface area contributed by atoms with Gasteiger partial charge in [-0.15, -0.1) is 5.10 Å². The average molecular weight is 585 g/mol. The minimum Gasteiger partial charge on any atom is -0.497 e. The Balaban J connectivity index is 1.42. The summed E-state index contributed by atoms with van der Waals surface area (Å²) in [6.45, 7) is 3.33. The lowest BCUT2D eigenvalue weighted by molar-refractivity contribution is -0.384. The van der Waals surface area contributed by atoms with Crippen LogP contribution in [0.2, 0.25) is 5.02 Å². The van der Waals surface area contributed by atoms with E-state index >= 15 is 0 Å². The molecule has 3 heterocycles. The Labute approximate surface area is 239 Å². The molecule has 0 aliphatic carbocycles. The van der Waals surface area contributed by atoms with Crippen LogP contribution in [0.15, 0.2) is 64.1 Å². The van der Waals surface area contributed by atoms with Crippen LogP contribution >= 0.6 is 23.8 Å². The third kappa shape index (κ3) is 6.23.